The first-order valence-electron chi connectivity index (χ1n) is 6.70. The summed E-state index contributed by atoms with van der Waals surface area (Å²) < 4.78 is 5.07. The van der Waals surface area contributed by atoms with Crippen LogP contribution < -0.4 is 5.43 Å². The van der Waals surface area contributed by atoms with Crippen LogP contribution in [0.4, 0.5) is 4.79 Å². The molecule has 22 heavy (non-hydrogen) atoms. The molecule has 1 N–H and O–H groups in total. The molecule has 8 heteroatoms. The Morgan fingerprint density at radius 1 is 1.32 bits per heavy atom. The van der Waals surface area contributed by atoms with Crippen LogP contribution in [0, 0.1) is 0 Å². The Morgan fingerprint density at radius 3 is 2.55 bits per heavy atom. The summed E-state index contributed by atoms with van der Waals surface area (Å²) in [6.45, 7) is 5.36. The Kier molecular flexibility index (Phi) is 4.50. The van der Waals surface area contributed by atoms with E-state index in [9.17, 15) is 4.79 Å². The van der Waals surface area contributed by atoms with E-state index in [1.807, 2.05) is 24.3 Å². The average molecular weight is 302 g/mol. The van der Waals surface area contributed by atoms with Crippen molar-refractivity contribution in [3.05, 3.63) is 29.8 Å². The number of carbonyl (C=O) groups excluding carboxylic acids is 1. The summed E-state index contributed by atoms with van der Waals surface area (Å²) in [5.41, 5.74) is 3.43. The molecule has 1 aromatic carbocycles. The number of rotatable bonds is 3. The van der Waals surface area contributed by atoms with Crippen molar-refractivity contribution in [1.82, 2.24) is 25.6 Å². The Hall–Kier alpha value is -2.77. The molecule has 0 radical (unpaired) electrons. The fourth-order valence-electron chi connectivity index (χ4n) is 1.58. The van der Waals surface area contributed by atoms with Crippen LogP contribution in [0.3, 0.4) is 0 Å². The molecular formula is C14H18N6O2. The molecule has 0 aliphatic rings. The summed E-state index contributed by atoms with van der Waals surface area (Å²) in [4.78, 5) is 12.8. The maximum atomic E-state index is 11.4. The van der Waals surface area contributed by atoms with E-state index < -0.39 is 11.7 Å². The molecule has 8 nitrogen and oxygen atoms in total. The highest BCUT2D eigenvalue weighted by Gasteiger charge is 2.15. The molecule has 1 aromatic heterocycles. The number of hydrogen-bond donors (Lipinski definition) is 1. The van der Waals surface area contributed by atoms with Crippen LogP contribution >= 0.6 is 0 Å². The Bertz CT molecular complexity index is 669. The summed E-state index contributed by atoms with van der Waals surface area (Å²) in [6.07, 6.45) is 0.932. The number of benzene rings is 1. The lowest BCUT2D eigenvalue weighted by molar-refractivity contribution is 0.0529. The van der Waals surface area contributed by atoms with Gasteiger partial charge in [0.05, 0.1) is 13.3 Å². The molecule has 116 valence electrons. The van der Waals surface area contributed by atoms with E-state index in [1.165, 1.54) is 11.0 Å². The summed E-state index contributed by atoms with van der Waals surface area (Å²) >= 11 is 0. The van der Waals surface area contributed by atoms with E-state index in [1.54, 1.807) is 27.8 Å². The van der Waals surface area contributed by atoms with E-state index in [0.717, 1.165) is 11.1 Å². The van der Waals surface area contributed by atoms with Gasteiger partial charge in [-0.1, -0.05) is 24.3 Å². The van der Waals surface area contributed by atoms with Crippen LogP contribution in [0.15, 0.2) is 29.4 Å². The largest absolute Gasteiger partial charge is 0.443 e. The van der Waals surface area contributed by atoms with Crippen LogP contribution in [0.25, 0.3) is 11.4 Å². The second-order valence-electron chi connectivity index (χ2n) is 5.60. The van der Waals surface area contributed by atoms with Gasteiger partial charge < -0.3 is 4.74 Å². The van der Waals surface area contributed by atoms with Crippen LogP contribution in [-0.2, 0) is 11.8 Å². The third-order valence-corrected chi connectivity index (χ3v) is 2.45. The average Bonchev–Trinajstić information content (AvgIpc) is 2.84. The van der Waals surface area contributed by atoms with Crippen molar-refractivity contribution in [2.45, 2.75) is 26.4 Å². The van der Waals surface area contributed by atoms with E-state index in [2.05, 4.69) is 25.9 Å². The maximum absolute atomic E-state index is 11.4. The van der Waals surface area contributed by atoms with Crippen LogP contribution in [0.2, 0.25) is 0 Å². The molecule has 2 rings (SSSR count). The van der Waals surface area contributed by atoms with Gasteiger partial charge in [-0.05, 0) is 31.5 Å². The Morgan fingerprint density at radius 2 is 2.00 bits per heavy atom. The van der Waals surface area contributed by atoms with E-state index in [0.29, 0.717) is 5.82 Å². The minimum atomic E-state index is -0.593. The SMILES string of the molecule is Cn1nnc(-c2ccc(/C=N/NC(=O)OC(C)(C)C)cc2)n1. The number of aromatic nitrogens is 4. The van der Waals surface area contributed by atoms with Crippen molar-refractivity contribution < 1.29 is 9.53 Å². The van der Waals surface area contributed by atoms with Crippen LogP contribution in [-0.4, -0.2) is 38.1 Å². The van der Waals surface area contributed by atoms with E-state index in [4.69, 9.17) is 4.74 Å². The minimum absolute atomic E-state index is 0.551. The molecule has 0 aliphatic heterocycles. The molecule has 2 aromatic rings. The molecule has 0 unspecified atom stereocenters. The van der Waals surface area contributed by atoms with E-state index in [-0.39, 0.29) is 0 Å². The van der Waals surface area contributed by atoms with Crippen molar-refractivity contribution in [3.63, 3.8) is 0 Å². The molecule has 0 bridgehead atoms. The predicted molar refractivity (Wildman–Crippen MR) is 81.2 cm³/mol. The normalized spacial score (nSPS) is 11.6. The third-order valence-electron chi connectivity index (χ3n) is 2.45. The van der Waals surface area contributed by atoms with Crippen LogP contribution in [0.1, 0.15) is 26.3 Å². The number of nitrogens with zero attached hydrogens (tertiary/aromatic N) is 5. The fourth-order valence-corrected chi connectivity index (χ4v) is 1.58. The summed E-state index contributed by atoms with van der Waals surface area (Å²) in [6, 6.07) is 7.38. The topological polar surface area (TPSA) is 94.3 Å². The van der Waals surface area contributed by atoms with Gasteiger partial charge in [0.15, 0.2) is 0 Å². The highest BCUT2D eigenvalue weighted by molar-refractivity contribution is 5.81. The lowest BCUT2D eigenvalue weighted by Gasteiger charge is -2.18. The molecular weight excluding hydrogens is 284 g/mol. The monoisotopic (exact) mass is 302 g/mol. The standard InChI is InChI=1S/C14H18N6O2/c1-14(2,3)22-13(21)17-15-9-10-5-7-11(8-6-10)12-16-19-20(4)18-12/h5-9H,1-4H3,(H,17,21)/b15-9+. The van der Waals surface area contributed by atoms with Crippen molar-refractivity contribution in [1.29, 1.82) is 0 Å². The summed E-state index contributed by atoms with van der Waals surface area (Å²) in [7, 11) is 1.71. The first-order chi connectivity index (χ1) is 10.3. The molecule has 0 atom stereocenters. The molecule has 1 heterocycles. The minimum Gasteiger partial charge on any atom is -0.443 e. The smallest absolute Gasteiger partial charge is 0.428 e. The summed E-state index contributed by atoms with van der Waals surface area (Å²) in [5, 5.41) is 15.7. The number of hydrogen-bond acceptors (Lipinski definition) is 6. The zero-order chi connectivity index (χ0) is 16.2. The highest BCUT2D eigenvalue weighted by atomic mass is 16.6. The quantitative estimate of drug-likeness (QED) is 0.688. The van der Waals surface area contributed by atoms with Crippen LogP contribution in [0.5, 0.6) is 0 Å². The predicted octanol–water partition coefficient (Wildman–Crippen LogP) is 1.74. The van der Waals surface area contributed by atoms with Gasteiger partial charge >= 0.3 is 6.09 Å². The van der Waals surface area contributed by atoms with Gasteiger partial charge in [0.25, 0.3) is 0 Å². The first-order valence-corrected chi connectivity index (χ1v) is 6.70. The zero-order valence-electron chi connectivity index (χ0n) is 12.9. The number of amides is 1. The number of hydrazone groups is 1. The lowest BCUT2D eigenvalue weighted by Crippen LogP contribution is -2.29. The van der Waals surface area contributed by atoms with Gasteiger partial charge in [0.1, 0.15) is 5.60 Å². The second-order valence-corrected chi connectivity index (χ2v) is 5.60. The van der Waals surface area contributed by atoms with Gasteiger partial charge in [-0.15, -0.1) is 10.2 Å². The second kappa shape index (κ2) is 6.33. The number of tetrazole rings is 1. The molecule has 0 fully saturated rings. The molecule has 0 saturated heterocycles. The Balaban J connectivity index is 1.94. The van der Waals surface area contributed by atoms with Gasteiger partial charge in [-0.25, -0.2) is 10.2 Å². The number of aryl methyl sites for hydroxylation is 1. The third kappa shape index (κ3) is 4.65. The molecule has 0 saturated carbocycles. The number of ether oxygens (including phenoxy) is 1. The van der Waals surface area contributed by atoms with Crippen molar-refractivity contribution in [2.24, 2.45) is 12.1 Å². The zero-order valence-corrected chi connectivity index (χ0v) is 12.9. The van der Waals surface area contributed by atoms with Gasteiger partial charge in [-0.2, -0.15) is 9.90 Å². The van der Waals surface area contributed by atoms with Crippen molar-refractivity contribution in [3.8, 4) is 11.4 Å². The van der Waals surface area contributed by atoms with Gasteiger partial charge in [-0.3, -0.25) is 0 Å². The summed E-state index contributed by atoms with van der Waals surface area (Å²) in [5.74, 6) is 0.554. The van der Waals surface area contributed by atoms with E-state index >= 15 is 0 Å². The van der Waals surface area contributed by atoms with Crippen molar-refractivity contribution >= 4 is 12.3 Å². The Labute approximate surface area is 128 Å². The number of nitrogens with one attached hydrogen (secondary N) is 1. The lowest BCUT2D eigenvalue weighted by atomic mass is 10.1. The maximum Gasteiger partial charge on any atom is 0.428 e. The molecule has 0 spiro atoms. The molecule has 1 amide bonds. The fraction of sp³-hybridized carbons (Fsp3) is 0.357. The molecule has 0 aliphatic carbocycles. The first kappa shape index (κ1) is 15.6. The van der Waals surface area contributed by atoms with Gasteiger partial charge in [0.2, 0.25) is 5.82 Å². The number of carbonyl (C=O) groups is 1. The van der Waals surface area contributed by atoms with Crippen molar-refractivity contribution in [2.75, 3.05) is 0 Å². The highest BCUT2D eigenvalue weighted by Crippen LogP contribution is 2.13. The van der Waals surface area contributed by atoms with Gasteiger partial charge in [0, 0.05) is 5.56 Å².